The summed E-state index contributed by atoms with van der Waals surface area (Å²) in [5, 5.41) is 0. The van der Waals surface area contributed by atoms with Gasteiger partial charge in [0.2, 0.25) is 11.9 Å². The highest BCUT2D eigenvalue weighted by Gasteiger charge is 2.35. The molecule has 2 aliphatic rings. The molecule has 7 nitrogen and oxygen atoms in total. The van der Waals surface area contributed by atoms with Gasteiger partial charge in [0.1, 0.15) is 5.69 Å². The quantitative estimate of drug-likeness (QED) is 0.781. The van der Waals surface area contributed by atoms with Gasteiger partial charge in [0.25, 0.3) is 0 Å². The average molecular weight is 435 g/mol. The van der Waals surface area contributed by atoms with Crippen molar-refractivity contribution in [3.63, 3.8) is 0 Å². The monoisotopic (exact) mass is 435 g/mol. The molecule has 0 spiro atoms. The second-order valence-electron chi connectivity index (χ2n) is 8.58. The van der Waals surface area contributed by atoms with Gasteiger partial charge in [0.05, 0.1) is 11.7 Å². The average Bonchev–Trinajstić information content (AvgIpc) is 2.74. The van der Waals surface area contributed by atoms with E-state index in [-0.39, 0.29) is 12.0 Å². The number of alkyl halides is 3. The van der Waals surface area contributed by atoms with E-state index in [9.17, 15) is 13.2 Å². The molecule has 2 N–H and O–H groups in total. The smallest absolute Gasteiger partial charge is 0.368 e. The number of rotatable bonds is 4. The van der Waals surface area contributed by atoms with Crippen LogP contribution < -0.4 is 10.6 Å². The Kier molecular flexibility index (Phi) is 6.27. The molecule has 2 saturated heterocycles. The van der Waals surface area contributed by atoms with Gasteiger partial charge in [-0.1, -0.05) is 13.3 Å². The van der Waals surface area contributed by atoms with E-state index in [1.165, 1.54) is 0 Å². The number of piperidine rings is 2. The van der Waals surface area contributed by atoms with Crippen molar-refractivity contribution in [1.29, 1.82) is 0 Å². The topological polar surface area (TPSA) is 84.1 Å². The summed E-state index contributed by atoms with van der Waals surface area (Å²) in [5.74, 6) is 1.13. The van der Waals surface area contributed by atoms with Gasteiger partial charge in [-0.2, -0.15) is 13.2 Å². The standard InChI is InChI=1S/C21H28F3N7/c1-14-5-8-30(9-6-14)20-26-11-15(12-27-20)13-31-7-3-2-4-17(31)16-10-18(21(22,23)24)29-19(25)28-16/h10-12,14,17H,2-9,13H2,1H3,(H2,25,28,29). The number of hydrogen-bond donors (Lipinski definition) is 1. The highest BCUT2D eigenvalue weighted by Crippen LogP contribution is 2.35. The normalized spacial score (nSPS) is 21.4. The first-order valence-corrected chi connectivity index (χ1v) is 10.8. The Bertz CT molecular complexity index is 880. The number of nitrogens with zero attached hydrogens (tertiary/aromatic N) is 6. The van der Waals surface area contributed by atoms with Crippen molar-refractivity contribution in [2.75, 3.05) is 30.3 Å². The van der Waals surface area contributed by atoms with Crippen LogP contribution >= 0.6 is 0 Å². The van der Waals surface area contributed by atoms with E-state index in [1.807, 2.05) is 12.4 Å². The van der Waals surface area contributed by atoms with Gasteiger partial charge in [0.15, 0.2) is 0 Å². The molecule has 1 unspecified atom stereocenters. The first kappa shape index (κ1) is 21.7. The molecule has 2 aromatic heterocycles. The zero-order valence-corrected chi connectivity index (χ0v) is 17.6. The van der Waals surface area contributed by atoms with Gasteiger partial charge in [-0.15, -0.1) is 0 Å². The Balaban J connectivity index is 1.49. The number of halogens is 3. The number of nitrogens with two attached hydrogens (primary N) is 1. The maximum atomic E-state index is 13.2. The minimum atomic E-state index is -4.55. The highest BCUT2D eigenvalue weighted by molar-refractivity contribution is 5.31. The minimum Gasteiger partial charge on any atom is -0.368 e. The Labute approximate surface area is 179 Å². The summed E-state index contributed by atoms with van der Waals surface area (Å²) in [6, 6.07) is 0.777. The second kappa shape index (κ2) is 8.94. The Morgan fingerprint density at radius 2 is 1.74 bits per heavy atom. The molecule has 168 valence electrons. The zero-order valence-electron chi connectivity index (χ0n) is 17.6. The molecule has 0 aliphatic carbocycles. The fourth-order valence-corrected chi connectivity index (χ4v) is 4.35. The van der Waals surface area contributed by atoms with Crippen LogP contribution in [-0.2, 0) is 12.7 Å². The summed E-state index contributed by atoms with van der Waals surface area (Å²) in [6.45, 7) is 5.50. The van der Waals surface area contributed by atoms with Crippen LogP contribution in [0, 0.1) is 5.92 Å². The van der Waals surface area contributed by atoms with Crippen LogP contribution in [0.5, 0.6) is 0 Å². The SMILES string of the molecule is CC1CCN(c2ncc(CN3CCCCC3c3cc(C(F)(F)F)nc(N)n3)cn2)CC1. The molecule has 1 atom stereocenters. The van der Waals surface area contributed by atoms with Gasteiger partial charge >= 0.3 is 6.18 Å². The van der Waals surface area contributed by atoms with E-state index in [2.05, 4.69) is 36.7 Å². The number of hydrogen-bond acceptors (Lipinski definition) is 7. The van der Waals surface area contributed by atoms with Gasteiger partial charge in [0, 0.05) is 37.6 Å². The van der Waals surface area contributed by atoms with Crippen molar-refractivity contribution in [3.05, 3.63) is 35.4 Å². The lowest BCUT2D eigenvalue weighted by Gasteiger charge is -2.35. The molecular formula is C21H28F3N7. The van der Waals surface area contributed by atoms with Crippen molar-refractivity contribution in [1.82, 2.24) is 24.8 Å². The summed E-state index contributed by atoms with van der Waals surface area (Å²) in [4.78, 5) is 20.9. The molecule has 4 heterocycles. The largest absolute Gasteiger partial charge is 0.433 e. The van der Waals surface area contributed by atoms with Crippen LogP contribution in [0.1, 0.15) is 62.0 Å². The van der Waals surface area contributed by atoms with Crippen molar-refractivity contribution < 1.29 is 13.2 Å². The van der Waals surface area contributed by atoms with E-state index in [4.69, 9.17) is 5.73 Å². The van der Waals surface area contributed by atoms with Crippen LogP contribution in [0.15, 0.2) is 18.5 Å². The zero-order chi connectivity index (χ0) is 22.0. The van der Waals surface area contributed by atoms with E-state index in [0.29, 0.717) is 12.2 Å². The van der Waals surface area contributed by atoms with Crippen molar-refractivity contribution in [3.8, 4) is 0 Å². The van der Waals surface area contributed by atoms with Crippen molar-refractivity contribution >= 4 is 11.9 Å². The molecular weight excluding hydrogens is 407 g/mol. The Hall–Kier alpha value is -2.49. The summed E-state index contributed by atoms with van der Waals surface area (Å²) >= 11 is 0. The van der Waals surface area contributed by atoms with Crippen LogP contribution in [-0.4, -0.2) is 44.5 Å². The van der Waals surface area contributed by atoms with Crippen molar-refractivity contribution in [2.45, 2.75) is 57.8 Å². The van der Waals surface area contributed by atoms with Gasteiger partial charge in [-0.3, -0.25) is 4.90 Å². The number of likely N-dealkylation sites (tertiary alicyclic amines) is 1. The molecule has 2 fully saturated rings. The predicted octanol–water partition coefficient (Wildman–Crippen LogP) is 3.83. The van der Waals surface area contributed by atoms with E-state index in [0.717, 1.165) is 75.2 Å². The minimum absolute atomic E-state index is 0.247. The third kappa shape index (κ3) is 5.23. The maximum absolute atomic E-state index is 13.2. The molecule has 2 aliphatic heterocycles. The Morgan fingerprint density at radius 3 is 2.42 bits per heavy atom. The van der Waals surface area contributed by atoms with Crippen LogP contribution in [0.2, 0.25) is 0 Å². The third-order valence-corrected chi connectivity index (χ3v) is 6.15. The lowest BCUT2D eigenvalue weighted by atomic mass is 9.98. The number of nitrogen functional groups attached to an aromatic ring is 1. The van der Waals surface area contributed by atoms with Crippen molar-refractivity contribution in [2.24, 2.45) is 5.92 Å². The van der Waals surface area contributed by atoms with Crippen LogP contribution in [0.3, 0.4) is 0 Å². The molecule has 0 aromatic carbocycles. The first-order chi connectivity index (χ1) is 14.8. The molecule has 0 amide bonds. The third-order valence-electron chi connectivity index (χ3n) is 6.15. The first-order valence-electron chi connectivity index (χ1n) is 10.8. The fourth-order valence-electron chi connectivity index (χ4n) is 4.35. The Morgan fingerprint density at radius 1 is 1.03 bits per heavy atom. The second-order valence-corrected chi connectivity index (χ2v) is 8.58. The molecule has 2 aromatic rings. The summed E-state index contributed by atoms with van der Waals surface area (Å²) in [6.07, 6.45) is 4.00. The lowest BCUT2D eigenvalue weighted by molar-refractivity contribution is -0.141. The lowest BCUT2D eigenvalue weighted by Crippen LogP contribution is -2.35. The van der Waals surface area contributed by atoms with Crippen LogP contribution in [0.4, 0.5) is 25.1 Å². The van der Waals surface area contributed by atoms with Gasteiger partial charge in [-0.05, 0) is 44.2 Å². The van der Waals surface area contributed by atoms with Gasteiger partial charge < -0.3 is 10.6 Å². The van der Waals surface area contributed by atoms with E-state index in [1.54, 1.807) is 0 Å². The molecule has 4 rings (SSSR count). The molecule has 0 bridgehead atoms. The summed E-state index contributed by atoms with van der Waals surface area (Å²) < 4.78 is 39.6. The summed E-state index contributed by atoms with van der Waals surface area (Å²) in [5.41, 5.74) is 5.84. The molecule has 0 saturated carbocycles. The molecule has 0 radical (unpaired) electrons. The van der Waals surface area contributed by atoms with Crippen LogP contribution in [0.25, 0.3) is 0 Å². The van der Waals surface area contributed by atoms with Gasteiger partial charge in [-0.25, -0.2) is 19.9 Å². The van der Waals surface area contributed by atoms with E-state index >= 15 is 0 Å². The summed E-state index contributed by atoms with van der Waals surface area (Å²) in [7, 11) is 0. The molecule has 10 heteroatoms. The maximum Gasteiger partial charge on any atom is 0.433 e. The van der Waals surface area contributed by atoms with E-state index < -0.39 is 11.9 Å². The fraction of sp³-hybridized carbons (Fsp3) is 0.619. The predicted molar refractivity (Wildman–Crippen MR) is 111 cm³/mol. The highest BCUT2D eigenvalue weighted by atomic mass is 19.4. The number of aromatic nitrogens is 4. The number of anilines is 2. The molecule has 31 heavy (non-hydrogen) atoms.